The first-order chi connectivity index (χ1) is 7.29. The molecule has 15 heavy (non-hydrogen) atoms. The van der Waals surface area contributed by atoms with Crippen molar-refractivity contribution in [2.24, 2.45) is 0 Å². The highest BCUT2D eigenvalue weighted by Gasteiger charge is 2.17. The molecule has 1 aliphatic rings. The summed E-state index contributed by atoms with van der Waals surface area (Å²) in [7, 11) is 0. The molecular weight excluding hydrogens is 186 g/mol. The van der Waals surface area contributed by atoms with Crippen molar-refractivity contribution < 1.29 is 0 Å². The predicted molar refractivity (Wildman–Crippen MR) is 63.3 cm³/mol. The molecule has 1 saturated heterocycles. The first-order valence-corrected chi connectivity index (χ1v) is 5.70. The molecular formula is C12H19N3. The minimum Gasteiger partial charge on any atom is -0.367 e. The van der Waals surface area contributed by atoms with Crippen LogP contribution in [0.1, 0.15) is 19.0 Å². The minimum absolute atomic E-state index is 0.625. The molecule has 0 spiro atoms. The topological polar surface area (TPSA) is 28.2 Å². The molecule has 1 aromatic rings. The van der Waals surface area contributed by atoms with Gasteiger partial charge in [-0.15, -0.1) is 0 Å². The van der Waals surface area contributed by atoms with Crippen molar-refractivity contribution in [1.29, 1.82) is 0 Å². The molecule has 0 aliphatic carbocycles. The van der Waals surface area contributed by atoms with Gasteiger partial charge < -0.3 is 10.2 Å². The summed E-state index contributed by atoms with van der Waals surface area (Å²) in [4.78, 5) is 6.76. The lowest BCUT2D eigenvalue weighted by Gasteiger charge is -2.34. The highest BCUT2D eigenvalue weighted by Crippen LogP contribution is 2.15. The maximum atomic E-state index is 4.34. The Balaban J connectivity index is 2.06. The SMILES string of the molecule is CCC1CN(c2ccc(C)nc2)CCN1. The van der Waals surface area contributed by atoms with Crippen LogP contribution in [-0.2, 0) is 0 Å². The van der Waals surface area contributed by atoms with E-state index in [1.165, 1.54) is 12.1 Å². The van der Waals surface area contributed by atoms with E-state index in [0.717, 1.165) is 25.3 Å². The van der Waals surface area contributed by atoms with Gasteiger partial charge in [-0.25, -0.2) is 0 Å². The summed E-state index contributed by atoms with van der Waals surface area (Å²) in [6, 6.07) is 4.87. The number of hydrogen-bond donors (Lipinski definition) is 1. The second kappa shape index (κ2) is 4.62. The smallest absolute Gasteiger partial charge is 0.0553 e. The van der Waals surface area contributed by atoms with Crippen LogP contribution in [0.25, 0.3) is 0 Å². The van der Waals surface area contributed by atoms with Crippen molar-refractivity contribution in [3.8, 4) is 0 Å². The van der Waals surface area contributed by atoms with Crippen LogP contribution in [0.5, 0.6) is 0 Å². The zero-order chi connectivity index (χ0) is 10.7. The Labute approximate surface area is 91.5 Å². The summed E-state index contributed by atoms with van der Waals surface area (Å²) in [5.74, 6) is 0. The van der Waals surface area contributed by atoms with E-state index in [2.05, 4.69) is 34.3 Å². The highest BCUT2D eigenvalue weighted by atomic mass is 15.2. The van der Waals surface area contributed by atoms with Crippen LogP contribution in [0.4, 0.5) is 5.69 Å². The normalized spacial score (nSPS) is 21.7. The van der Waals surface area contributed by atoms with Crippen LogP contribution in [-0.4, -0.2) is 30.7 Å². The van der Waals surface area contributed by atoms with Crippen molar-refractivity contribution in [1.82, 2.24) is 10.3 Å². The average Bonchev–Trinajstić information content (AvgIpc) is 2.30. The monoisotopic (exact) mass is 205 g/mol. The summed E-state index contributed by atoms with van der Waals surface area (Å²) in [5, 5.41) is 3.52. The molecule has 1 unspecified atom stereocenters. The molecule has 0 amide bonds. The van der Waals surface area contributed by atoms with E-state index in [9.17, 15) is 0 Å². The number of pyridine rings is 1. The molecule has 0 bridgehead atoms. The number of nitrogens with zero attached hydrogens (tertiary/aromatic N) is 2. The molecule has 2 rings (SSSR count). The van der Waals surface area contributed by atoms with Crippen molar-refractivity contribution in [3.63, 3.8) is 0 Å². The van der Waals surface area contributed by atoms with Crippen LogP contribution < -0.4 is 10.2 Å². The van der Waals surface area contributed by atoms with Gasteiger partial charge in [0.25, 0.3) is 0 Å². The van der Waals surface area contributed by atoms with E-state index in [1.807, 2.05) is 13.1 Å². The van der Waals surface area contributed by atoms with Gasteiger partial charge in [0.2, 0.25) is 0 Å². The second-order valence-electron chi connectivity index (χ2n) is 4.16. The predicted octanol–water partition coefficient (Wildman–Crippen LogP) is 1.58. The highest BCUT2D eigenvalue weighted by molar-refractivity contribution is 5.45. The molecule has 82 valence electrons. The fourth-order valence-electron chi connectivity index (χ4n) is 1.98. The van der Waals surface area contributed by atoms with E-state index < -0.39 is 0 Å². The number of nitrogens with one attached hydrogen (secondary N) is 1. The van der Waals surface area contributed by atoms with E-state index in [-0.39, 0.29) is 0 Å². The molecule has 1 aromatic heterocycles. The minimum atomic E-state index is 0.625. The summed E-state index contributed by atoms with van der Waals surface area (Å²) in [6.45, 7) is 7.51. The van der Waals surface area contributed by atoms with Gasteiger partial charge in [0.05, 0.1) is 11.9 Å². The van der Waals surface area contributed by atoms with Crippen molar-refractivity contribution in [3.05, 3.63) is 24.0 Å². The summed E-state index contributed by atoms with van der Waals surface area (Å²) in [5.41, 5.74) is 2.33. The van der Waals surface area contributed by atoms with Crippen molar-refractivity contribution in [2.45, 2.75) is 26.3 Å². The molecule has 3 nitrogen and oxygen atoms in total. The molecule has 1 fully saturated rings. The van der Waals surface area contributed by atoms with Gasteiger partial charge in [-0.05, 0) is 25.5 Å². The molecule has 0 aromatic carbocycles. The van der Waals surface area contributed by atoms with E-state index in [4.69, 9.17) is 0 Å². The van der Waals surface area contributed by atoms with Crippen LogP contribution >= 0.6 is 0 Å². The first kappa shape index (κ1) is 10.4. The third-order valence-corrected chi connectivity index (χ3v) is 3.01. The third kappa shape index (κ3) is 2.48. The number of aryl methyl sites for hydroxylation is 1. The molecule has 1 atom stereocenters. The Morgan fingerprint density at radius 2 is 2.40 bits per heavy atom. The van der Waals surface area contributed by atoms with Crippen LogP contribution in [0.15, 0.2) is 18.3 Å². The zero-order valence-corrected chi connectivity index (χ0v) is 9.53. The van der Waals surface area contributed by atoms with E-state index >= 15 is 0 Å². The lowest BCUT2D eigenvalue weighted by atomic mass is 10.1. The standard InChI is InChI=1S/C12H19N3/c1-3-11-9-15(7-6-13-11)12-5-4-10(2)14-8-12/h4-5,8,11,13H,3,6-7,9H2,1-2H3. The Morgan fingerprint density at radius 3 is 3.07 bits per heavy atom. The molecule has 1 aliphatic heterocycles. The number of hydrogen-bond acceptors (Lipinski definition) is 3. The van der Waals surface area contributed by atoms with Crippen molar-refractivity contribution >= 4 is 5.69 Å². The van der Waals surface area contributed by atoms with Crippen LogP contribution in [0, 0.1) is 6.92 Å². The third-order valence-electron chi connectivity index (χ3n) is 3.01. The molecule has 0 radical (unpaired) electrons. The maximum Gasteiger partial charge on any atom is 0.0553 e. The lowest BCUT2D eigenvalue weighted by molar-refractivity contribution is 0.447. The molecule has 2 heterocycles. The molecule has 3 heteroatoms. The van der Waals surface area contributed by atoms with E-state index in [1.54, 1.807) is 0 Å². The van der Waals surface area contributed by atoms with Gasteiger partial charge in [0.15, 0.2) is 0 Å². The molecule has 0 saturated carbocycles. The van der Waals surface area contributed by atoms with Crippen molar-refractivity contribution in [2.75, 3.05) is 24.5 Å². The maximum absolute atomic E-state index is 4.34. The van der Waals surface area contributed by atoms with Gasteiger partial charge in [0.1, 0.15) is 0 Å². The summed E-state index contributed by atoms with van der Waals surface area (Å²) in [6.07, 6.45) is 3.17. The molecule has 1 N–H and O–H groups in total. The lowest BCUT2D eigenvalue weighted by Crippen LogP contribution is -2.50. The number of piperazine rings is 1. The van der Waals surface area contributed by atoms with Gasteiger partial charge >= 0.3 is 0 Å². The average molecular weight is 205 g/mol. The Hall–Kier alpha value is -1.09. The Kier molecular flexibility index (Phi) is 3.21. The van der Waals surface area contributed by atoms with Crippen LogP contribution in [0.2, 0.25) is 0 Å². The van der Waals surface area contributed by atoms with E-state index in [0.29, 0.717) is 6.04 Å². The Morgan fingerprint density at radius 1 is 1.53 bits per heavy atom. The van der Waals surface area contributed by atoms with Gasteiger partial charge in [-0.1, -0.05) is 6.92 Å². The van der Waals surface area contributed by atoms with Crippen LogP contribution in [0.3, 0.4) is 0 Å². The van der Waals surface area contributed by atoms with Gasteiger partial charge in [-0.3, -0.25) is 4.98 Å². The van der Waals surface area contributed by atoms with Gasteiger partial charge in [-0.2, -0.15) is 0 Å². The fraction of sp³-hybridized carbons (Fsp3) is 0.583. The quantitative estimate of drug-likeness (QED) is 0.794. The first-order valence-electron chi connectivity index (χ1n) is 5.70. The Bertz CT molecular complexity index is 307. The fourth-order valence-corrected chi connectivity index (χ4v) is 1.98. The second-order valence-corrected chi connectivity index (χ2v) is 4.16. The number of rotatable bonds is 2. The number of aromatic nitrogens is 1. The largest absolute Gasteiger partial charge is 0.367 e. The van der Waals surface area contributed by atoms with Gasteiger partial charge in [0, 0.05) is 31.4 Å². The zero-order valence-electron chi connectivity index (χ0n) is 9.53. The summed E-state index contributed by atoms with van der Waals surface area (Å²) >= 11 is 0. The number of anilines is 1. The summed E-state index contributed by atoms with van der Waals surface area (Å²) < 4.78 is 0.